The van der Waals surface area contributed by atoms with E-state index in [9.17, 15) is 9.59 Å². The quantitative estimate of drug-likeness (QED) is 0.770. The van der Waals surface area contributed by atoms with Gasteiger partial charge in [0.2, 0.25) is 0 Å². The summed E-state index contributed by atoms with van der Waals surface area (Å²) >= 11 is 5.90. The predicted molar refractivity (Wildman–Crippen MR) is 80.7 cm³/mol. The Kier molecular flexibility index (Phi) is 6.58. The van der Waals surface area contributed by atoms with Crippen LogP contribution in [0, 0.1) is 0 Å². The molecule has 0 saturated heterocycles. The lowest BCUT2D eigenvalue weighted by molar-refractivity contribution is -0.137. The van der Waals surface area contributed by atoms with Gasteiger partial charge in [0, 0.05) is 24.3 Å². The number of carboxylic acids is 1. The van der Waals surface area contributed by atoms with E-state index in [2.05, 4.69) is 4.98 Å². The van der Waals surface area contributed by atoms with Crippen LogP contribution in [0.2, 0.25) is 5.15 Å². The summed E-state index contributed by atoms with van der Waals surface area (Å²) in [6.07, 6.45) is 0.650. The summed E-state index contributed by atoms with van der Waals surface area (Å²) in [6, 6.07) is 3.12. The highest BCUT2D eigenvalue weighted by Gasteiger charge is 2.19. The molecule has 0 aliphatic rings. The van der Waals surface area contributed by atoms with Crippen molar-refractivity contribution in [2.24, 2.45) is 0 Å². The van der Waals surface area contributed by atoms with Crippen LogP contribution in [0.3, 0.4) is 0 Å². The number of rotatable bonds is 7. The number of carboxylic acid groups (broad SMARTS) is 1. The number of hydrogen-bond acceptors (Lipinski definition) is 4. The van der Waals surface area contributed by atoms with E-state index in [1.54, 1.807) is 6.07 Å². The molecular formula is C14H20ClN3O3. The highest BCUT2D eigenvalue weighted by atomic mass is 35.5. The molecule has 1 heterocycles. The molecule has 0 fully saturated rings. The smallest absolute Gasteiger partial charge is 0.323 e. The topological polar surface area (TPSA) is 73.7 Å². The van der Waals surface area contributed by atoms with Crippen molar-refractivity contribution in [2.75, 3.05) is 33.7 Å². The number of halogens is 1. The summed E-state index contributed by atoms with van der Waals surface area (Å²) in [7, 11) is 3.73. The second kappa shape index (κ2) is 7.95. The van der Waals surface area contributed by atoms with Crippen molar-refractivity contribution in [3.8, 4) is 0 Å². The fourth-order valence-electron chi connectivity index (χ4n) is 1.77. The zero-order valence-corrected chi connectivity index (χ0v) is 13.2. The van der Waals surface area contributed by atoms with Crippen molar-refractivity contribution in [1.82, 2.24) is 14.8 Å². The molecule has 0 aromatic carbocycles. The van der Waals surface area contributed by atoms with Gasteiger partial charge in [-0.3, -0.25) is 9.59 Å². The van der Waals surface area contributed by atoms with Crippen LogP contribution < -0.4 is 0 Å². The van der Waals surface area contributed by atoms with Gasteiger partial charge in [-0.1, -0.05) is 18.5 Å². The van der Waals surface area contributed by atoms with E-state index in [0.29, 0.717) is 30.8 Å². The number of aromatic nitrogens is 1. The van der Waals surface area contributed by atoms with Crippen molar-refractivity contribution >= 4 is 23.5 Å². The Labute approximate surface area is 129 Å². The van der Waals surface area contributed by atoms with Crippen molar-refractivity contribution in [2.45, 2.75) is 13.3 Å². The number of amides is 1. The van der Waals surface area contributed by atoms with Gasteiger partial charge in [0.05, 0.1) is 0 Å². The molecule has 1 amide bonds. The number of aryl methyl sites for hydroxylation is 1. The summed E-state index contributed by atoms with van der Waals surface area (Å²) in [5.41, 5.74) is 1.07. The maximum absolute atomic E-state index is 12.5. The predicted octanol–water partition coefficient (Wildman–Crippen LogP) is 1.39. The Hall–Kier alpha value is -1.66. The summed E-state index contributed by atoms with van der Waals surface area (Å²) in [5.74, 6) is -1.39. The SMILES string of the molecule is CCc1cc(C(=O)N(CCN(C)C)CC(=O)O)cc(Cl)n1. The van der Waals surface area contributed by atoms with Crippen LogP contribution in [-0.2, 0) is 11.2 Å². The average Bonchev–Trinajstić information content (AvgIpc) is 2.41. The van der Waals surface area contributed by atoms with Gasteiger partial charge in [0.15, 0.2) is 0 Å². The molecule has 0 aliphatic carbocycles. The molecule has 1 aromatic heterocycles. The monoisotopic (exact) mass is 313 g/mol. The third-order valence-corrected chi connectivity index (χ3v) is 3.08. The Bertz CT molecular complexity index is 520. The molecule has 7 heteroatoms. The van der Waals surface area contributed by atoms with Gasteiger partial charge in [-0.2, -0.15) is 0 Å². The summed E-state index contributed by atoms with van der Waals surface area (Å²) < 4.78 is 0. The number of aliphatic carboxylic acids is 1. The molecule has 0 atom stereocenters. The molecule has 1 N–H and O–H groups in total. The van der Waals surface area contributed by atoms with Crippen molar-refractivity contribution in [3.05, 3.63) is 28.5 Å². The second-order valence-corrected chi connectivity index (χ2v) is 5.33. The third-order valence-electron chi connectivity index (χ3n) is 2.89. The van der Waals surface area contributed by atoms with Crippen LogP contribution >= 0.6 is 11.6 Å². The van der Waals surface area contributed by atoms with E-state index in [0.717, 1.165) is 0 Å². The standard InChI is InChI=1S/C14H20ClN3O3/c1-4-11-7-10(8-12(15)16-11)14(21)18(9-13(19)20)6-5-17(2)3/h7-8H,4-6,9H2,1-3H3,(H,19,20). The number of nitrogens with zero attached hydrogens (tertiary/aromatic N) is 3. The van der Waals surface area contributed by atoms with E-state index < -0.39 is 5.97 Å². The lowest BCUT2D eigenvalue weighted by Crippen LogP contribution is -2.40. The Morgan fingerprint density at radius 1 is 1.29 bits per heavy atom. The first kappa shape index (κ1) is 17.4. The summed E-state index contributed by atoms with van der Waals surface area (Å²) in [5, 5.41) is 9.19. The molecule has 0 radical (unpaired) electrons. The minimum absolute atomic E-state index is 0.237. The highest BCUT2D eigenvalue weighted by molar-refractivity contribution is 6.29. The van der Waals surface area contributed by atoms with Gasteiger partial charge < -0.3 is 14.9 Å². The molecule has 1 rings (SSSR count). The van der Waals surface area contributed by atoms with E-state index >= 15 is 0 Å². The molecule has 116 valence electrons. The van der Waals surface area contributed by atoms with Gasteiger partial charge >= 0.3 is 5.97 Å². The van der Waals surface area contributed by atoms with Crippen molar-refractivity contribution in [3.63, 3.8) is 0 Å². The van der Waals surface area contributed by atoms with Crippen molar-refractivity contribution in [1.29, 1.82) is 0 Å². The van der Waals surface area contributed by atoms with Crippen LogP contribution in [0.1, 0.15) is 23.0 Å². The first-order chi connectivity index (χ1) is 9.83. The molecule has 6 nitrogen and oxygen atoms in total. The number of pyridine rings is 1. The maximum Gasteiger partial charge on any atom is 0.323 e. The first-order valence-electron chi connectivity index (χ1n) is 6.65. The number of carbonyl (C=O) groups excluding carboxylic acids is 1. The molecule has 1 aromatic rings. The van der Waals surface area contributed by atoms with Crippen LogP contribution in [0.25, 0.3) is 0 Å². The first-order valence-corrected chi connectivity index (χ1v) is 7.03. The zero-order chi connectivity index (χ0) is 16.0. The van der Waals surface area contributed by atoms with E-state index in [4.69, 9.17) is 16.7 Å². The minimum atomic E-state index is -1.04. The average molecular weight is 314 g/mol. The molecule has 0 spiro atoms. The highest BCUT2D eigenvalue weighted by Crippen LogP contribution is 2.14. The third kappa shape index (κ3) is 5.69. The van der Waals surface area contributed by atoms with Gasteiger partial charge in [0.1, 0.15) is 11.7 Å². The summed E-state index contributed by atoms with van der Waals surface area (Å²) in [4.78, 5) is 30.7. The van der Waals surface area contributed by atoms with Gasteiger partial charge in [-0.15, -0.1) is 0 Å². The molecule has 21 heavy (non-hydrogen) atoms. The van der Waals surface area contributed by atoms with Crippen LogP contribution in [0.4, 0.5) is 0 Å². The molecule has 0 aliphatic heterocycles. The number of hydrogen-bond donors (Lipinski definition) is 1. The van der Waals surface area contributed by atoms with Gasteiger partial charge in [-0.25, -0.2) is 4.98 Å². The second-order valence-electron chi connectivity index (χ2n) is 4.95. The van der Waals surface area contributed by atoms with E-state index in [-0.39, 0.29) is 17.6 Å². The van der Waals surface area contributed by atoms with Crippen molar-refractivity contribution < 1.29 is 14.7 Å². The van der Waals surface area contributed by atoms with Gasteiger partial charge in [-0.05, 0) is 32.6 Å². The Balaban J connectivity index is 2.97. The maximum atomic E-state index is 12.5. The van der Waals surface area contributed by atoms with E-state index in [1.165, 1.54) is 11.0 Å². The largest absolute Gasteiger partial charge is 0.480 e. The zero-order valence-electron chi connectivity index (χ0n) is 12.5. The van der Waals surface area contributed by atoms with Crippen LogP contribution in [-0.4, -0.2) is 65.5 Å². The Morgan fingerprint density at radius 2 is 1.95 bits per heavy atom. The lowest BCUT2D eigenvalue weighted by Gasteiger charge is -2.23. The lowest BCUT2D eigenvalue weighted by atomic mass is 10.1. The molecule has 0 saturated carbocycles. The normalized spacial score (nSPS) is 10.7. The molecule has 0 unspecified atom stereocenters. The van der Waals surface area contributed by atoms with Gasteiger partial charge in [0.25, 0.3) is 5.91 Å². The summed E-state index contributed by atoms with van der Waals surface area (Å²) in [6.45, 7) is 2.49. The fourth-order valence-corrected chi connectivity index (χ4v) is 2.00. The number of likely N-dealkylation sites (N-methyl/N-ethyl adjacent to an activating group) is 1. The van der Waals surface area contributed by atoms with Crippen LogP contribution in [0.5, 0.6) is 0 Å². The van der Waals surface area contributed by atoms with Crippen LogP contribution in [0.15, 0.2) is 12.1 Å². The molecule has 0 bridgehead atoms. The minimum Gasteiger partial charge on any atom is -0.480 e. The fraction of sp³-hybridized carbons (Fsp3) is 0.500. The Morgan fingerprint density at radius 3 is 2.48 bits per heavy atom. The number of carbonyl (C=O) groups is 2. The molecular weight excluding hydrogens is 294 g/mol. The van der Waals surface area contributed by atoms with E-state index in [1.807, 2.05) is 25.9 Å².